The summed E-state index contributed by atoms with van der Waals surface area (Å²) in [4.78, 5) is 19.3. The summed E-state index contributed by atoms with van der Waals surface area (Å²) in [5, 5.41) is 4.04. The number of benzene rings is 1. The van der Waals surface area contributed by atoms with Crippen molar-refractivity contribution in [2.45, 2.75) is 38.0 Å². The maximum absolute atomic E-state index is 12.9. The van der Waals surface area contributed by atoms with E-state index in [1.807, 2.05) is 23.1 Å². The van der Waals surface area contributed by atoms with Crippen molar-refractivity contribution in [3.05, 3.63) is 41.5 Å². The summed E-state index contributed by atoms with van der Waals surface area (Å²) >= 11 is 0. The molecule has 6 nitrogen and oxygen atoms in total. The van der Waals surface area contributed by atoms with Gasteiger partial charge < -0.3 is 14.2 Å². The molecular weight excluding hydrogens is 318 g/mol. The van der Waals surface area contributed by atoms with Gasteiger partial charge in [-0.3, -0.25) is 4.79 Å². The van der Waals surface area contributed by atoms with Crippen LogP contribution in [0.2, 0.25) is 0 Å². The second kappa shape index (κ2) is 6.50. The molecule has 2 aliphatic rings. The Morgan fingerprint density at radius 2 is 2.20 bits per heavy atom. The average molecular weight is 341 g/mol. The lowest BCUT2D eigenvalue weighted by molar-refractivity contribution is -0.133. The number of aryl methyl sites for hydroxylation is 1. The lowest BCUT2D eigenvalue weighted by atomic mass is 9.96. The topological polar surface area (TPSA) is 68.5 Å². The predicted molar refractivity (Wildman–Crippen MR) is 91.4 cm³/mol. The van der Waals surface area contributed by atoms with Crippen molar-refractivity contribution in [1.82, 2.24) is 15.0 Å². The molecule has 0 bridgehead atoms. The minimum Gasteiger partial charge on any atom is -0.496 e. The third kappa shape index (κ3) is 3.13. The van der Waals surface area contributed by atoms with E-state index in [0.29, 0.717) is 12.4 Å². The van der Waals surface area contributed by atoms with Gasteiger partial charge in [-0.1, -0.05) is 23.4 Å². The van der Waals surface area contributed by atoms with E-state index in [1.165, 1.54) is 0 Å². The molecule has 132 valence electrons. The summed E-state index contributed by atoms with van der Waals surface area (Å²) in [7, 11) is 1.68. The molecule has 1 amide bonds. The maximum atomic E-state index is 12.9. The number of carbonyl (C=O) groups is 1. The molecule has 2 fully saturated rings. The van der Waals surface area contributed by atoms with Gasteiger partial charge >= 0.3 is 0 Å². The van der Waals surface area contributed by atoms with Crippen molar-refractivity contribution < 1.29 is 14.1 Å². The Labute approximate surface area is 147 Å². The molecule has 4 rings (SSSR count). The number of hydrogen-bond acceptors (Lipinski definition) is 5. The Balaban J connectivity index is 1.43. The Hall–Kier alpha value is -2.37. The van der Waals surface area contributed by atoms with Gasteiger partial charge in [-0.15, -0.1) is 0 Å². The normalized spacial score (nSPS) is 25.7. The van der Waals surface area contributed by atoms with Crippen molar-refractivity contribution >= 4 is 5.91 Å². The van der Waals surface area contributed by atoms with Crippen molar-refractivity contribution in [1.29, 1.82) is 0 Å². The molecule has 1 aliphatic heterocycles. The van der Waals surface area contributed by atoms with E-state index in [-0.39, 0.29) is 23.7 Å². The molecule has 1 aromatic heterocycles. The Kier molecular flexibility index (Phi) is 4.19. The number of methoxy groups -OCH3 is 1. The first-order valence-electron chi connectivity index (χ1n) is 8.89. The Bertz CT molecular complexity index is 773. The van der Waals surface area contributed by atoms with Crippen LogP contribution in [-0.4, -0.2) is 41.1 Å². The van der Waals surface area contributed by atoms with Crippen LogP contribution in [0.1, 0.15) is 48.4 Å². The van der Waals surface area contributed by atoms with Gasteiger partial charge in [0.25, 0.3) is 0 Å². The first-order chi connectivity index (χ1) is 12.2. The molecule has 2 heterocycles. The minimum absolute atomic E-state index is 0.0713. The summed E-state index contributed by atoms with van der Waals surface area (Å²) in [5.74, 6) is 2.96. The highest BCUT2D eigenvalue weighted by atomic mass is 16.5. The maximum Gasteiger partial charge on any atom is 0.226 e. The number of rotatable bonds is 4. The molecule has 1 saturated carbocycles. The molecule has 2 aromatic rings. The third-order valence-corrected chi connectivity index (χ3v) is 5.29. The highest BCUT2D eigenvalue weighted by Gasteiger charge is 2.47. The van der Waals surface area contributed by atoms with Crippen molar-refractivity contribution in [3.8, 4) is 5.75 Å². The number of piperidine rings is 1. The highest BCUT2D eigenvalue weighted by Crippen LogP contribution is 2.51. The number of para-hydroxylation sites is 1. The number of carbonyl (C=O) groups excluding carboxylic acids is 1. The molecular formula is C19H23N3O3. The summed E-state index contributed by atoms with van der Waals surface area (Å²) in [6.45, 7) is 3.30. The van der Waals surface area contributed by atoms with Crippen molar-refractivity contribution in [3.63, 3.8) is 0 Å². The van der Waals surface area contributed by atoms with E-state index in [0.717, 1.165) is 42.9 Å². The van der Waals surface area contributed by atoms with Crippen LogP contribution in [0.4, 0.5) is 0 Å². The summed E-state index contributed by atoms with van der Waals surface area (Å²) in [6, 6.07) is 8.00. The highest BCUT2D eigenvalue weighted by molar-refractivity contribution is 5.83. The van der Waals surface area contributed by atoms with Gasteiger partial charge in [-0.2, -0.15) is 4.98 Å². The monoisotopic (exact) mass is 341 g/mol. The van der Waals surface area contributed by atoms with Crippen LogP contribution in [0.5, 0.6) is 5.75 Å². The van der Waals surface area contributed by atoms with Gasteiger partial charge in [0.1, 0.15) is 5.75 Å². The third-order valence-electron chi connectivity index (χ3n) is 5.29. The quantitative estimate of drug-likeness (QED) is 0.855. The number of nitrogens with zero attached hydrogens (tertiary/aromatic N) is 3. The second-order valence-corrected chi connectivity index (χ2v) is 6.99. The molecule has 3 atom stereocenters. The van der Waals surface area contributed by atoms with Gasteiger partial charge in [0.2, 0.25) is 11.8 Å². The van der Waals surface area contributed by atoms with Crippen LogP contribution in [0.3, 0.4) is 0 Å². The fourth-order valence-corrected chi connectivity index (χ4v) is 3.89. The fraction of sp³-hybridized carbons (Fsp3) is 0.526. The number of amides is 1. The molecule has 0 spiro atoms. The van der Waals surface area contributed by atoms with Gasteiger partial charge in [-0.25, -0.2) is 0 Å². The van der Waals surface area contributed by atoms with Gasteiger partial charge in [0.15, 0.2) is 5.82 Å². The van der Waals surface area contributed by atoms with E-state index < -0.39 is 0 Å². The van der Waals surface area contributed by atoms with Crippen LogP contribution in [0.15, 0.2) is 28.8 Å². The van der Waals surface area contributed by atoms with E-state index in [9.17, 15) is 4.79 Å². The van der Waals surface area contributed by atoms with Crippen LogP contribution >= 0.6 is 0 Å². The average Bonchev–Trinajstić information content (AvgIpc) is 3.34. The van der Waals surface area contributed by atoms with E-state index in [4.69, 9.17) is 9.26 Å². The molecule has 1 saturated heterocycles. The van der Waals surface area contributed by atoms with Crippen LogP contribution < -0.4 is 4.74 Å². The van der Waals surface area contributed by atoms with E-state index in [2.05, 4.69) is 16.2 Å². The molecule has 0 N–H and O–H groups in total. The molecule has 1 aliphatic carbocycles. The zero-order valence-corrected chi connectivity index (χ0v) is 14.6. The number of aromatic nitrogens is 2. The Morgan fingerprint density at radius 3 is 2.96 bits per heavy atom. The summed E-state index contributed by atoms with van der Waals surface area (Å²) < 4.78 is 10.5. The number of ether oxygens (including phenoxy) is 1. The number of hydrogen-bond donors (Lipinski definition) is 0. The zero-order valence-electron chi connectivity index (χ0n) is 14.6. The van der Waals surface area contributed by atoms with Crippen molar-refractivity contribution in [2.75, 3.05) is 20.2 Å². The smallest absolute Gasteiger partial charge is 0.226 e. The minimum atomic E-state index is 0.0713. The van der Waals surface area contributed by atoms with E-state index in [1.54, 1.807) is 14.0 Å². The van der Waals surface area contributed by atoms with Crippen LogP contribution in [0, 0.1) is 12.8 Å². The summed E-state index contributed by atoms with van der Waals surface area (Å²) in [5.41, 5.74) is 1.14. The lowest BCUT2D eigenvalue weighted by Gasteiger charge is -2.31. The lowest BCUT2D eigenvalue weighted by Crippen LogP contribution is -2.40. The SMILES string of the molecule is COc1ccccc1[C@@H]1C[C@H]1C(=O)N1CCC[C@@H](c2noc(C)n2)C1. The van der Waals surface area contributed by atoms with Crippen LogP contribution in [0.25, 0.3) is 0 Å². The van der Waals surface area contributed by atoms with Gasteiger partial charge in [0, 0.05) is 31.8 Å². The molecule has 0 unspecified atom stereocenters. The summed E-state index contributed by atoms with van der Waals surface area (Å²) in [6.07, 6.45) is 2.89. The Morgan fingerprint density at radius 1 is 1.36 bits per heavy atom. The standard InChI is InChI=1S/C19H23N3O3/c1-12-20-18(21-25-12)13-6-5-9-22(11-13)19(23)16-10-15(16)14-7-3-4-8-17(14)24-2/h3-4,7-8,13,15-16H,5-6,9-11H2,1-2H3/t13-,15+,16-/m1/s1. The van der Waals surface area contributed by atoms with Crippen molar-refractivity contribution in [2.24, 2.45) is 5.92 Å². The first kappa shape index (κ1) is 16.1. The zero-order chi connectivity index (χ0) is 17.4. The van der Waals surface area contributed by atoms with E-state index >= 15 is 0 Å². The first-order valence-corrected chi connectivity index (χ1v) is 8.89. The fourth-order valence-electron chi connectivity index (χ4n) is 3.89. The largest absolute Gasteiger partial charge is 0.496 e. The predicted octanol–water partition coefficient (Wildman–Crippen LogP) is 2.90. The molecule has 6 heteroatoms. The second-order valence-electron chi connectivity index (χ2n) is 6.99. The molecule has 0 radical (unpaired) electrons. The van der Waals surface area contributed by atoms with Gasteiger partial charge in [-0.05, 0) is 36.8 Å². The molecule has 1 aromatic carbocycles. The molecule has 25 heavy (non-hydrogen) atoms. The van der Waals surface area contributed by atoms with Gasteiger partial charge in [0.05, 0.1) is 7.11 Å². The number of likely N-dealkylation sites (tertiary alicyclic amines) is 1. The van der Waals surface area contributed by atoms with Crippen LogP contribution in [-0.2, 0) is 4.79 Å².